The van der Waals surface area contributed by atoms with E-state index < -0.39 is 0 Å². The molecule has 0 aliphatic rings. The second-order valence-corrected chi connectivity index (χ2v) is 6.15. The fraction of sp³-hybridized carbons (Fsp3) is 0.250. The van der Waals surface area contributed by atoms with Gasteiger partial charge in [0.2, 0.25) is 0 Å². The van der Waals surface area contributed by atoms with Gasteiger partial charge in [-0.3, -0.25) is 9.78 Å². The summed E-state index contributed by atoms with van der Waals surface area (Å²) in [6.45, 7) is 3.42. The molecule has 0 fully saturated rings. The zero-order chi connectivity index (χ0) is 17.8. The van der Waals surface area contributed by atoms with Gasteiger partial charge < -0.3 is 10.2 Å². The van der Waals surface area contributed by atoms with Crippen LogP contribution < -0.4 is 5.32 Å². The number of nitrogens with one attached hydrogen (secondary N) is 1. The molecule has 128 valence electrons. The lowest BCUT2D eigenvalue weighted by molar-refractivity contribution is 0.0799. The normalized spacial score (nSPS) is 10.8. The van der Waals surface area contributed by atoms with E-state index >= 15 is 0 Å². The van der Waals surface area contributed by atoms with Crippen molar-refractivity contribution in [1.29, 1.82) is 0 Å². The van der Waals surface area contributed by atoms with Crippen LogP contribution in [0.4, 0.5) is 0 Å². The van der Waals surface area contributed by atoms with Gasteiger partial charge in [-0.25, -0.2) is 4.98 Å². The van der Waals surface area contributed by atoms with Crippen LogP contribution in [0.2, 0.25) is 0 Å². The Morgan fingerprint density at radius 2 is 2.08 bits per heavy atom. The van der Waals surface area contributed by atoms with E-state index in [1.54, 1.807) is 17.3 Å². The third-order valence-electron chi connectivity index (χ3n) is 4.20. The molecule has 0 saturated heterocycles. The number of benzene rings is 1. The van der Waals surface area contributed by atoms with Crippen LogP contribution in [0.15, 0.2) is 48.8 Å². The first-order valence-corrected chi connectivity index (χ1v) is 8.32. The van der Waals surface area contributed by atoms with Gasteiger partial charge in [-0.15, -0.1) is 0 Å². The Kier molecular flexibility index (Phi) is 5.05. The van der Waals surface area contributed by atoms with E-state index in [-0.39, 0.29) is 5.91 Å². The van der Waals surface area contributed by atoms with Gasteiger partial charge in [0.1, 0.15) is 0 Å². The molecule has 2 aromatic heterocycles. The zero-order valence-electron chi connectivity index (χ0n) is 14.8. The minimum atomic E-state index is -0.00149. The Hall–Kier alpha value is -2.79. The predicted octanol–water partition coefficient (Wildman–Crippen LogP) is 2.90. The molecule has 0 bridgehead atoms. The number of pyridine rings is 2. The minimum Gasteiger partial charge on any atom is -0.340 e. The number of rotatable bonds is 5. The van der Waals surface area contributed by atoms with Gasteiger partial charge in [0.05, 0.1) is 16.8 Å². The maximum Gasteiger partial charge on any atom is 0.254 e. The van der Waals surface area contributed by atoms with Crippen molar-refractivity contribution >= 4 is 16.8 Å². The average Bonchev–Trinajstić information content (AvgIpc) is 2.65. The van der Waals surface area contributed by atoms with Crippen molar-refractivity contribution in [2.75, 3.05) is 27.2 Å². The molecule has 5 heteroatoms. The molecule has 2 heterocycles. The first kappa shape index (κ1) is 17.0. The SMILES string of the molecule is CNCCN(C)C(=O)c1cc(-c2cccnc2)nc2ccc(C)cc12. The summed E-state index contributed by atoms with van der Waals surface area (Å²) in [6, 6.07) is 11.7. The number of hydrogen-bond donors (Lipinski definition) is 1. The molecular formula is C20H22N4O. The van der Waals surface area contributed by atoms with E-state index in [0.29, 0.717) is 12.1 Å². The Morgan fingerprint density at radius 1 is 1.24 bits per heavy atom. The maximum absolute atomic E-state index is 13.0. The molecule has 1 N–H and O–H groups in total. The second kappa shape index (κ2) is 7.40. The maximum atomic E-state index is 13.0. The quantitative estimate of drug-likeness (QED) is 0.779. The molecule has 1 aromatic carbocycles. The van der Waals surface area contributed by atoms with Crippen LogP contribution in [0.25, 0.3) is 22.2 Å². The van der Waals surface area contributed by atoms with Gasteiger partial charge in [-0.05, 0) is 44.3 Å². The number of likely N-dealkylation sites (N-methyl/N-ethyl adjacent to an activating group) is 2. The average molecular weight is 334 g/mol. The molecule has 1 amide bonds. The van der Waals surface area contributed by atoms with Gasteiger partial charge in [0, 0.05) is 43.5 Å². The number of aromatic nitrogens is 2. The molecule has 0 aliphatic carbocycles. The summed E-state index contributed by atoms with van der Waals surface area (Å²) >= 11 is 0. The molecule has 25 heavy (non-hydrogen) atoms. The number of carbonyl (C=O) groups is 1. The van der Waals surface area contributed by atoms with Crippen molar-refractivity contribution in [2.24, 2.45) is 0 Å². The van der Waals surface area contributed by atoms with Crippen LogP contribution in [-0.2, 0) is 0 Å². The minimum absolute atomic E-state index is 0.00149. The molecule has 0 spiro atoms. The number of nitrogens with zero attached hydrogens (tertiary/aromatic N) is 3. The molecule has 0 unspecified atom stereocenters. The summed E-state index contributed by atoms with van der Waals surface area (Å²) in [7, 11) is 3.70. The summed E-state index contributed by atoms with van der Waals surface area (Å²) in [5.74, 6) is -0.00149. The van der Waals surface area contributed by atoms with Crippen LogP contribution in [0.1, 0.15) is 15.9 Å². The number of amides is 1. The lowest BCUT2D eigenvalue weighted by Gasteiger charge is -2.19. The Labute approximate surface area is 147 Å². The predicted molar refractivity (Wildman–Crippen MR) is 101 cm³/mol. The molecule has 0 saturated carbocycles. The number of aryl methyl sites for hydroxylation is 1. The Balaban J connectivity index is 2.14. The topological polar surface area (TPSA) is 58.1 Å². The van der Waals surface area contributed by atoms with Crippen molar-refractivity contribution in [2.45, 2.75) is 6.92 Å². The third kappa shape index (κ3) is 3.67. The van der Waals surface area contributed by atoms with E-state index in [9.17, 15) is 4.79 Å². The highest BCUT2D eigenvalue weighted by Gasteiger charge is 2.17. The molecule has 0 radical (unpaired) electrons. The van der Waals surface area contributed by atoms with Gasteiger partial charge in [-0.1, -0.05) is 11.6 Å². The highest BCUT2D eigenvalue weighted by Crippen LogP contribution is 2.26. The molecule has 0 atom stereocenters. The summed E-state index contributed by atoms with van der Waals surface area (Å²) in [4.78, 5) is 23.6. The molecule has 3 rings (SSSR count). The van der Waals surface area contributed by atoms with Gasteiger partial charge >= 0.3 is 0 Å². The van der Waals surface area contributed by atoms with Gasteiger partial charge in [0.15, 0.2) is 0 Å². The molecule has 3 aromatic rings. The van der Waals surface area contributed by atoms with E-state index in [4.69, 9.17) is 4.98 Å². The summed E-state index contributed by atoms with van der Waals surface area (Å²) in [6.07, 6.45) is 3.49. The van der Waals surface area contributed by atoms with Crippen molar-refractivity contribution in [3.63, 3.8) is 0 Å². The van der Waals surface area contributed by atoms with E-state index in [2.05, 4.69) is 10.3 Å². The summed E-state index contributed by atoms with van der Waals surface area (Å²) < 4.78 is 0. The first-order valence-electron chi connectivity index (χ1n) is 8.32. The number of fused-ring (bicyclic) bond motifs is 1. The highest BCUT2D eigenvalue weighted by atomic mass is 16.2. The summed E-state index contributed by atoms with van der Waals surface area (Å²) in [5, 5.41) is 3.96. The first-order chi connectivity index (χ1) is 12.1. The Morgan fingerprint density at radius 3 is 2.80 bits per heavy atom. The van der Waals surface area contributed by atoms with Gasteiger partial charge in [-0.2, -0.15) is 0 Å². The smallest absolute Gasteiger partial charge is 0.254 e. The fourth-order valence-corrected chi connectivity index (χ4v) is 2.77. The lowest BCUT2D eigenvalue weighted by Crippen LogP contribution is -2.33. The third-order valence-corrected chi connectivity index (χ3v) is 4.20. The van der Waals surface area contributed by atoms with Crippen LogP contribution in [0, 0.1) is 6.92 Å². The van der Waals surface area contributed by atoms with Gasteiger partial charge in [0.25, 0.3) is 5.91 Å². The number of carbonyl (C=O) groups excluding carboxylic acids is 1. The van der Waals surface area contributed by atoms with Crippen molar-refractivity contribution in [1.82, 2.24) is 20.2 Å². The number of hydrogen-bond acceptors (Lipinski definition) is 4. The monoisotopic (exact) mass is 334 g/mol. The van der Waals surface area contributed by atoms with E-state index in [1.807, 2.05) is 57.4 Å². The standard InChI is InChI=1S/C20H22N4O/c1-14-6-7-18-16(11-14)17(20(25)24(3)10-9-21-2)12-19(23-18)15-5-4-8-22-13-15/h4-8,11-13,21H,9-10H2,1-3H3. The van der Waals surface area contributed by atoms with Crippen molar-refractivity contribution < 1.29 is 4.79 Å². The molecule has 5 nitrogen and oxygen atoms in total. The van der Waals surface area contributed by atoms with Crippen molar-refractivity contribution in [3.05, 3.63) is 59.9 Å². The fourth-order valence-electron chi connectivity index (χ4n) is 2.77. The van der Waals surface area contributed by atoms with E-state index in [1.165, 1.54) is 0 Å². The van der Waals surface area contributed by atoms with Crippen molar-refractivity contribution in [3.8, 4) is 11.3 Å². The highest BCUT2D eigenvalue weighted by molar-refractivity contribution is 6.07. The second-order valence-electron chi connectivity index (χ2n) is 6.15. The molecular weight excluding hydrogens is 312 g/mol. The zero-order valence-corrected chi connectivity index (χ0v) is 14.8. The van der Waals surface area contributed by atoms with Crippen LogP contribution >= 0.6 is 0 Å². The molecule has 0 aliphatic heterocycles. The summed E-state index contributed by atoms with van der Waals surface area (Å²) in [5.41, 5.74) is 4.26. The van der Waals surface area contributed by atoms with E-state index in [0.717, 1.165) is 34.3 Å². The lowest BCUT2D eigenvalue weighted by atomic mass is 10.0. The Bertz CT molecular complexity index is 893. The van der Waals surface area contributed by atoms with Crippen LogP contribution in [0.3, 0.4) is 0 Å². The van der Waals surface area contributed by atoms with Crippen LogP contribution in [-0.4, -0.2) is 48.0 Å². The van der Waals surface area contributed by atoms with Crippen LogP contribution in [0.5, 0.6) is 0 Å². The largest absolute Gasteiger partial charge is 0.340 e.